The molecule has 0 spiro atoms. The first-order valence-electron chi connectivity index (χ1n) is 11.6. The van der Waals surface area contributed by atoms with Crippen LogP contribution in [0.4, 0.5) is 9.18 Å². The molecule has 1 aliphatic rings. The molecule has 1 aliphatic heterocycles. The van der Waals surface area contributed by atoms with Crippen molar-refractivity contribution in [1.29, 1.82) is 0 Å². The molecule has 6 nitrogen and oxygen atoms in total. The molecule has 2 rings (SSSR count). The van der Waals surface area contributed by atoms with Gasteiger partial charge < -0.3 is 20.1 Å². The van der Waals surface area contributed by atoms with Gasteiger partial charge in [-0.05, 0) is 79.6 Å². The van der Waals surface area contributed by atoms with Gasteiger partial charge in [0.2, 0.25) is 0 Å². The number of ether oxygens (including phenoxy) is 2. The lowest BCUT2D eigenvalue weighted by Gasteiger charge is -2.43. The zero-order valence-corrected chi connectivity index (χ0v) is 23.7. The van der Waals surface area contributed by atoms with Gasteiger partial charge in [0.05, 0.1) is 22.3 Å². The molecule has 1 aromatic carbocycles. The molecule has 0 radical (unpaired) electrons. The maximum Gasteiger partial charge on any atom is 0.410 e. The lowest BCUT2D eigenvalue weighted by Crippen LogP contribution is -2.52. The number of aryl methyl sites for hydroxylation is 1. The summed E-state index contributed by atoms with van der Waals surface area (Å²) in [5.74, 6) is -1.02. The lowest BCUT2D eigenvalue weighted by molar-refractivity contribution is -0.151. The van der Waals surface area contributed by atoms with Crippen molar-refractivity contribution in [2.45, 2.75) is 65.9 Å². The van der Waals surface area contributed by atoms with Crippen molar-refractivity contribution in [3.63, 3.8) is 0 Å². The van der Waals surface area contributed by atoms with Gasteiger partial charge in [-0.3, -0.25) is 4.79 Å². The number of nitrogens with two attached hydrogens (primary N) is 1. The quantitative estimate of drug-likeness (QED) is 0.312. The average Bonchev–Trinajstić information content (AvgIpc) is 2.78. The summed E-state index contributed by atoms with van der Waals surface area (Å²) in [6, 6.07) is 1.79. The summed E-state index contributed by atoms with van der Waals surface area (Å²) in [4.78, 5) is 28.0. The molecule has 1 fully saturated rings. The fraction of sp³-hybridized carbons (Fsp3) is 0.538. The van der Waals surface area contributed by atoms with Gasteiger partial charge in [0.1, 0.15) is 16.8 Å². The van der Waals surface area contributed by atoms with Crippen molar-refractivity contribution in [3.05, 3.63) is 50.4 Å². The van der Waals surface area contributed by atoms with Gasteiger partial charge in [0, 0.05) is 18.7 Å². The van der Waals surface area contributed by atoms with Gasteiger partial charge in [0.15, 0.2) is 0 Å². The fourth-order valence-corrected chi connectivity index (χ4v) is 4.96. The number of piperidine rings is 1. The van der Waals surface area contributed by atoms with E-state index < -0.39 is 28.9 Å². The van der Waals surface area contributed by atoms with Gasteiger partial charge >= 0.3 is 12.1 Å². The number of hydrogen-bond donors (Lipinski definition) is 1. The van der Waals surface area contributed by atoms with Crippen LogP contribution in [-0.4, -0.2) is 42.8 Å². The van der Waals surface area contributed by atoms with Crippen LogP contribution in [-0.2, 0) is 20.7 Å². The molecule has 1 amide bonds. The third kappa shape index (κ3) is 6.20. The number of carbonyl (C=O) groups is 2. The zero-order valence-electron chi connectivity index (χ0n) is 21.3. The van der Waals surface area contributed by atoms with Crippen LogP contribution >= 0.6 is 27.5 Å². The smallest absolute Gasteiger partial charge is 0.410 e. The van der Waals surface area contributed by atoms with E-state index in [-0.39, 0.29) is 17.3 Å². The number of nitrogens with zero attached hydrogens (tertiary/aromatic N) is 1. The predicted octanol–water partition coefficient (Wildman–Crippen LogP) is 6.46. The second-order valence-electron chi connectivity index (χ2n) is 9.87. The maximum atomic E-state index is 15.5. The highest BCUT2D eigenvalue weighted by atomic mass is 79.9. The van der Waals surface area contributed by atoms with Crippen molar-refractivity contribution in [2.24, 2.45) is 11.1 Å². The number of benzene rings is 1. The maximum absolute atomic E-state index is 15.5. The average molecular weight is 574 g/mol. The highest BCUT2D eigenvalue weighted by Crippen LogP contribution is 2.48. The van der Waals surface area contributed by atoms with E-state index in [0.717, 1.165) is 0 Å². The molecular weight excluding hydrogens is 539 g/mol. The molecule has 1 atom stereocenters. The van der Waals surface area contributed by atoms with E-state index in [0.29, 0.717) is 59.0 Å². The molecule has 0 aliphatic carbocycles. The van der Waals surface area contributed by atoms with Crippen molar-refractivity contribution in [3.8, 4) is 0 Å². The number of hydrogen-bond acceptors (Lipinski definition) is 5. The Morgan fingerprint density at radius 3 is 2.51 bits per heavy atom. The second-order valence-corrected chi connectivity index (χ2v) is 11.1. The molecule has 1 saturated heterocycles. The Hall–Kier alpha value is -2.06. The van der Waals surface area contributed by atoms with Gasteiger partial charge in [-0.25, -0.2) is 9.18 Å². The van der Waals surface area contributed by atoms with Gasteiger partial charge in [0.25, 0.3) is 0 Å². The van der Waals surface area contributed by atoms with Gasteiger partial charge in [-0.1, -0.05) is 37.6 Å². The van der Waals surface area contributed by atoms with Crippen LogP contribution in [0.5, 0.6) is 0 Å². The number of allylic oxidation sites excluding steroid dienone is 1. The van der Waals surface area contributed by atoms with Crippen LogP contribution in [0.2, 0.25) is 0 Å². The Labute approximate surface area is 220 Å². The molecule has 35 heavy (non-hydrogen) atoms. The minimum absolute atomic E-state index is 0.0149. The zero-order chi connectivity index (χ0) is 26.7. The van der Waals surface area contributed by atoms with E-state index in [2.05, 4.69) is 22.5 Å². The summed E-state index contributed by atoms with van der Waals surface area (Å²) in [6.45, 7) is 13.1. The topological polar surface area (TPSA) is 81.9 Å². The molecular formula is C26H35BrClFN2O4. The molecule has 9 heteroatoms. The summed E-state index contributed by atoms with van der Waals surface area (Å²) in [7, 11) is 1.28. The number of likely N-dealkylation sites (tertiary alicyclic amines) is 1. The molecule has 0 saturated carbocycles. The first-order valence-corrected chi connectivity index (χ1v) is 12.8. The predicted molar refractivity (Wildman–Crippen MR) is 140 cm³/mol. The van der Waals surface area contributed by atoms with Gasteiger partial charge in [-0.15, -0.1) is 0 Å². The Morgan fingerprint density at radius 2 is 2.00 bits per heavy atom. The summed E-state index contributed by atoms with van der Waals surface area (Å²) < 4.78 is 26.7. The lowest BCUT2D eigenvalue weighted by atomic mass is 9.69. The van der Waals surface area contributed by atoms with E-state index in [1.807, 2.05) is 6.92 Å². The Balaban J connectivity index is 2.87. The molecule has 1 heterocycles. The first-order chi connectivity index (χ1) is 16.2. The third-order valence-corrected chi connectivity index (χ3v) is 7.20. The van der Waals surface area contributed by atoms with Crippen LogP contribution in [0.15, 0.2) is 27.8 Å². The molecule has 194 valence electrons. The Bertz CT molecular complexity index is 1050. The van der Waals surface area contributed by atoms with E-state index in [4.69, 9.17) is 26.8 Å². The second kappa shape index (κ2) is 11.3. The Morgan fingerprint density at radius 1 is 1.37 bits per heavy atom. The number of halogens is 3. The van der Waals surface area contributed by atoms with Crippen LogP contribution < -0.4 is 5.73 Å². The van der Waals surface area contributed by atoms with Crippen LogP contribution in [0.25, 0.3) is 5.57 Å². The number of rotatable bonds is 6. The minimum Gasteiger partial charge on any atom is -0.468 e. The Kier molecular flexibility index (Phi) is 9.45. The summed E-state index contributed by atoms with van der Waals surface area (Å²) in [5.41, 5.74) is 6.24. The van der Waals surface area contributed by atoms with Crippen LogP contribution in [0.1, 0.15) is 63.6 Å². The number of esters is 1. The fourth-order valence-electron chi connectivity index (χ4n) is 4.51. The van der Waals surface area contributed by atoms with Crippen molar-refractivity contribution >= 4 is 45.2 Å². The van der Waals surface area contributed by atoms with Crippen molar-refractivity contribution < 1.29 is 23.5 Å². The minimum atomic E-state index is -1.40. The number of carbonyl (C=O) groups excluding carboxylic acids is 2. The highest BCUT2D eigenvalue weighted by molar-refractivity contribution is 9.10. The van der Waals surface area contributed by atoms with Crippen molar-refractivity contribution in [2.75, 3.05) is 20.2 Å². The molecule has 1 unspecified atom stereocenters. The number of methoxy groups -OCH3 is 1. The van der Waals surface area contributed by atoms with E-state index in [9.17, 15) is 9.59 Å². The molecule has 2 N–H and O–H groups in total. The first kappa shape index (κ1) is 29.2. The van der Waals surface area contributed by atoms with Crippen LogP contribution in [0.3, 0.4) is 0 Å². The van der Waals surface area contributed by atoms with E-state index in [1.54, 1.807) is 33.8 Å². The van der Waals surface area contributed by atoms with Crippen LogP contribution in [0, 0.1) is 18.2 Å². The normalized spacial score (nSPS) is 19.2. The monoisotopic (exact) mass is 572 g/mol. The van der Waals surface area contributed by atoms with E-state index >= 15 is 4.39 Å². The summed E-state index contributed by atoms with van der Waals surface area (Å²) >= 11 is 9.62. The largest absolute Gasteiger partial charge is 0.468 e. The molecule has 0 bridgehead atoms. The third-order valence-electron chi connectivity index (χ3n) is 6.02. The standard InChI is InChI=1S/C26H35BrClFN2O4/c1-8-10-17-18(13-15(2)20(27)21(17)29)19(22(30)16(3)28)26(23(32)34-7)11-9-12-31(14-26)24(33)35-25(4,5)6/h13H,3,8-12,14,30H2,1-2,4-7H3/b22-19-. The van der Waals surface area contributed by atoms with Gasteiger partial charge in [-0.2, -0.15) is 0 Å². The summed E-state index contributed by atoms with van der Waals surface area (Å²) in [6.07, 6.45) is 1.30. The van der Waals surface area contributed by atoms with E-state index in [1.165, 1.54) is 12.0 Å². The summed E-state index contributed by atoms with van der Waals surface area (Å²) in [5, 5.41) is 0.0149. The molecule has 1 aromatic rings. The highest BCUT2D eigenvalue weighted by Gasteiger charge is 2.50. The van der Waals surface area contributed by atoms with Crippen molar-refractivity contribution in [1.82, 2.24) is 4.90 Å². The SMILES string of the molecule is C=C(Cl)/C(N)=C(\c1cc(C)c(Br)c(F)c1CCC)C1(C(=O)OC)CCCN(C(=O)OC(C)(C)C)C1. The number of amides is 1. The molecule has 0 aromatic heterocycles.